The van der Waals surface area contributed by atoms with Crippen LogP contribution in [0.25, 0.3) is 0 Å². The molecule has 0 fully saturated rings. The number of nitrogens with one attached hydrogen (secondary N) is 1. The molecule has 0 spiro atoms. The molecule has 1 rings (SSSR count). The molecule has 19 heavy (non-hydrogen) atoms. The van der Waals surface area contributed by atoms with E-state index < -0.39 is 17.7 Å². The number of rotatable bonds is 4. The molecule has 0 bridgehead atoms. The summed E-state index contributed by atoms with van der Waals surface area (Å²) < 4.78 is 18.0. The summed E-state index contributed by atoms with van der Waals surface area (Å²) in [5.74, 6) is -0.344. The van der Waals surface area contributed by atoms with Gasteiger partial charge in [0.25, 0.3) is 0 Å². The summed E-state index contributed by atoms with van der Waals surface area (Å²) >= 11 is 0. The number of hydrogen-bond donors (Lipinski definition) is 2. The third-order valence-corrected chi connectivity index (χ3v) is 2.38. The summed E-state index contributed by atoms with van der Waals surface area (Å²) in [7, 11) is 0. The second-order valence-electron chi connectivity index (χ2n) is 5.26. The molecule has 0 aromatic heterocycles. The van der Waals surface area contributed by atoms with Gasteiger partial charge in [0.2, 0.25) is 0 Å². The second kappa shape index (κ2) is 6.52. The Labute approximate surface area is 112 Å². The van der Waals surface area contributed by atoms with E-state index in [1.54, 1.807) is 32.9 Å². The SMILES string of the molecule is CC(C)(C)OC(=O)NC(CCO)c1ccc(F)cc1. The molecule has 1 aromatic rings. The third-order valence-electron chi connectivity index (χ3n) is 2.38. The summed E-state index contributed by atoms with van der Waals surface area (Å²) in [5, 5.41) is 11.7. The van der Waals surface area contributed by atoms with Gasteiger partial charge in [-0.1, -0.05) is 12.1 Å². The molecule has 1 unspecified atom stereocenters. The Kier molecular flexibility index (Phi) is 5.30. The Hall–Kier alpha value is -1.62. The Morgan fingerprint density at radius 3 is 2.42 bits per heavy atom. The van der Waals surface area contributed by atoms with Crippen molar-refractivity contribution in [3.63, 3.8) is 0 Å². The van der Waals surface area contributed by atoms with Gasteiger partial charge in [0.15, 0.2) is 0 Å². The third kappa shape index (κ3) is 5.70. The highest BCUT2D eigenvalue weighted by Gasteiger charge is 2.20. The summed E-state index contributed by atoms with van der Waals surface area (Å²) in [4.78, 5) is 11.7. The van der Waals surface area contributed by atoms with E-state index in [-0.39, 0.29) is 12.4 Å². The molecular weight excluding hydrogens is 249 g/mol. The minimum atomic E-state index is -0.587. The van der Waals surface area contributed by atoms with Crippen LogP contribution >= 0.6 is 0 Å². The van der Waals surface area contributed by atoms with Gasteiger partial charge < -0.3 is 15.2 Å². The summed E-state index contributed by atoms with van der Waals surface area (Å²) in [6, 6.07) is 5.38. The first kappa shape index (κ1) is 15.4. The number of carbonyl (C=O) groups excluding carboxylic acids is 1. The van der Waals surface area contributed by atoms with Crippen molar-refractivity contribution in [1.82, 2.24) is 5.32 Å². The number of hydrogen-bond acceptors (Lipinski definition) is 3. The number of alkyl carbamates (subject to hydrolysis) is 1. The number of ether oxygens (including phenoxy) is 1. The largest absolute Gasteiger partial charge is 0.444 e. The quantitative estimate of drug-likeness (QED) is 0.883. The van der Waals surface area contributed by atoms with Crippen LogP contribution in [0.15, 0.2) is 24.3 Å². The molecule has 0 aliphatic rings. The Bertz CT molecular complexity index is 412. The number of benzene rings is 1. The van der Waals surface area contributed by atoms with Crippen LogP contribution in [0.4, 0.5) is 9.18 Å². The standard InChI is InChI=1S/C14H20FNO3/c1-14(2,3)19-13(18)16-12(8-9-17)10-4-6-11(15)7-5-10/h4-7,12,17H,8-9H2,1-3H3,(H,16,18). The van der Waals surface area contributed by atoms with E-state index in [1.165, 1.54) is 12.1 Å². The van der Waals surface area contributed by atoms with Crippen molar-refractivity contribution in [2.45, 2.75) is 38.8 Å². The molecule has 4 nitrogen and oxygen atoms in total. The average molecular weight is 269 g/mol. The molecule has 5 heteroatoms. The lowest BCUT2D eigenvalue weighted by molar-refractivity contribution is 0.0496. The maximum atomic E-state index is 12.9. The molecule has 0 saturated carbocycles. The molecule has 106 valence electrons. The summed E-state index contributed by atoms with van der Waals surface area (Å²) in [6.45, 7) is 5.22. The molecule has 1 amide bonds. The van der Waals surface area contributed by atoms with Crippen molar-refractivity contribution in [1.29, 1.82) is 0 Å². The second-order valence-corrected chi connectivity index (χ2v) is 5.26. The molecular formula is C14H20FNO3. The maximum absolute atomic E-state index is 12.9. The zero-order chi connectivity index (χ0) is 14.5. The van der Waals surface area contributed by atoms with E-state index in [4.69, 9.17) is 9.84 Å². The van der Waals surface area contributed by atoms with E-state index in [1.807, 2.05) is 0 Å². The van der Waals surface area contributed by atoms with Gasteiger partial charge in [-0.05, 0) is 44.9 Å². The van der Waals surface area contributed by atoms with E-state index in [9.17, 15) is 9.18 Å². The Morgan fingerprint density at radius 2 is 1.95 bits per heavy atom. The van der Waals surface area contributed by atoms with Crippen LogP contribution < -0.4 is 5.32 Å². The van der Waals surface area contributed by atoms with Crippen molar-refractivity contribution in [2.24, 2.45) is 0 Å². The number of amides is 1. The minimum Gasteiger partial charge on any atom is -0.444 e. The first-order valence-electron chi connectivity index (χ1n) is 6.17. The average Bonchev–Trinajstić information content (AvgIpc) is 2.27. The molecule has 0 saturated heterocycles. The predicted octanol–water partition coefficient (Wildman–Crippen LogP) is 2.77. The Morgan fingerprint density at radius 1 is 1.37 bits per heavy atom. The maximum Gasteiger partial charge on any atom is 0.408 e. The van der Waals surface area contributed by atoms with Gasteiger partial charge >= 0.3 is 6.09 Å². The lowest BCUT2D eigenvalue weighted by atomic mass is 10.0. The first-order chi connectivity index (χ1) is 8.81. The van der Waals surface area contributed by atoms with Crippen LogP contribution in [0.3, 0.4) is 0 Å². The summed E-state index contributed by atoms with van der Waals surface area (Å²) in [6.07, 6.45) is -0.222. The van der Waals surface area contributed by atoms with Crippen molar-refractivity contribution >= 4 is 6.09 Å². The van der Waals surface area contributed by atoms with Crippen molar-refractivity contribution in [3.05, 3.63) is 35.6 Å². The highest BCUT2D eigenvalue weighted by Crippen LogP contribution is 2.18. The lowest BCUT2D eigenvalue weighted by Gasteiger charge is -2.23. The lowest BCUT2D eigenvalue weighted by Crippen LogP contribution is -2.35. The highest BCUT2D eigenvalue weighted by atomic mass is 19.1. The number of aliphatic hydroxyl groups excluding tert-OH is 1. The van der Waals surface area contributed by atoms with Gasteiger partial charge in [0, 0.05) is 6.61 Å². The fourth-order valence-electron chi connectivity index (χ4n) is 1.60. The molecule has 2 N–H and O–H groups in total. The van der Waals surface area contributed by atoms with Crippen LogP contribution in [-0.4, -0.2) is 23.4 Å². The minimum absolute atomic E-state index is 0.0855. The fourth-order valence-corrected chi connectivity index (χ4v) is 1.60. The normalized spacial score (nSPS) is 12.9. The van der Waals surface area contributed by atoms with Crippen LogP contribution in [-0.2, 0) is 4.74 Å². The van der Waals surface area contributed by atoms with E-state index in [0.717, 1.165) is 5.56 Å². The first-order valence-corrected chi connectivity index (χ1v) is 6.17. The van der Waals surface area contributed by atoms with Crippen LogP contribution in [0.2, 0.25) is 0 Å². The van der Waals surface area contributed by atoms with Crippen LogP contribution in [0.5, 0.6) is 0 Å². The number of carbonyl (C=O) groups is 1. The molecule has 0 aliphatic heterocycles. The Balaban J connectivity index is 2.73. The smallest absolute Gasteiger partial charge is 0.408 e. The number of halogens is 1. The number of aliphatic hydroxyl groups is 1. The van der Waals surface area contributed by atoms with Crippen LogP contribution in [0, 0.1) is 5.82 Å². The molecule has 0 heterocycles. The van der Waals surface area contributed by atoms with E-state index in [0.29, 0.717) is 6.42 Å². The predicted molar refractivity (Wildman–Crippen MR) is 70.2 cm³/mol. The van der Waals surface area contributed by atoms with Gasteiger partial charge in [0.05, 0.1) is 6.04 Å². The van der Waals surface area contributed by atoms with Gasteiger partial charge in [0.1, 0.15) is 11.4 Å². The van der Waals surface area contributed by atoms with Crippen molar-refractivity contribution in [3.8, 4) is 0 Å². The monoisotopic (exact) mass is 269 g/mol. The van der Waals surface area contributed by atoms with Gasteiger partial charge in [-0.2, -0.15) is 0 Å². The van der Waals surface area contributed by atoms with Crippen molar-refractivity contribution in [2.75, 3.05) is 6.61 Å². The van der Waals surface area contributed by atoms with Gasteiger partial charge in [-0.25, -0.2) is 9.18 Å². The van der Waals surface area contributed by atoms with E-state index >= 15 is 0 Å². The van der Waals surface area contributed by atoms with Gasteiger partial charge in [-0.15, -0.1) is 0 Å². The van der Waals surface area contributed by atoms with Crippen molar-refractivity contribution < 1.29 is 19.0 Å². The zero-order valence-electron chi connectivity index (χ0n) is 11.4. The van der Waals surface area contributed by atoms with Gasteiger partial charge in [-0.3, -0.25) is 0 Å². The molecule has 0 radical (unpaired) electrons. The highest BCUT2D eigenvalue weighted by molar-refractivity contribution is 5.68. The molecule has 1 atom stereocenters. The fraction of sp³-hybridized carbons (Fsp3) is 0.500. The summed E-state index contributed by atoms with van der Waals surface area (Å²) in [5.41, 5.74) is 0.137. The topological polar surface area (TPSA) is 58.6 Å². The molecule has 0 aliphatic carbocycles. The zero-order valence-corrected chi connectivity index (χ0v) is 11.4. The van der Waals surface area contributed by atoms with Crippen LogP contribution in [0.1, 0.15) is 38.8 Å². The molecule has 1 aromatic carbocycles. The van der Waals surface area contributed by atoms with E-state index in [2.05, 4.69) is 5.32 Å².